The van der Waals surface area contributed by atoms with Crippen LogP contribution in [0.4, 0.5) is 0 Å². The lowest BCUT2D eigenvalue weighted by molar-refractivity contribution is 0.0202. The average molecular weight is 375 g/mol. The fourth-order valence-corrected chi connectivity index (χ4v) is 3.54. The van der Waals surface area contributed by atoms with E-state index in [-0.39, 0.29) is 13.2 Å². The van der Waals surface area contributed by atoms with Crippen LogP contribution in [-0.4, -0.2) is 51.5 Å². The number of aliphatic hydroxyl groups excluding tert-OH is 1. The number of hydrogen-bond acceptors (Lipinski definition) is 7. The summed E-state index contributed by atoms with van der Waals surface area (Å²) < 4.78 is 16.6. The lowest BCUT2D eigenvalue weighted by atomic mass is 9.97. The van der Waals surface area contributed by atoms with Crippen molar-refractivity contribution in [1.29, 1.82) is 0 Å². The summed E-state index contributed by atoms with van der Waals surface area (Å²) in [7, 11) is 0. The highest BCUT2D eigenvalue weighted by atomic mass is 16.5. The summed E-state index contributed by atoms with van der Waals surface area (Å²) in [6, 6.07) is 8.39. The lowest BCUT2D eigenvalue weighted by Crippen LogP contribution is -2.48. The molecule has 1 aromatic carbocycles. The Bertz CT molecular complexity index is 711. The fourth-order valence-electron chi connectivity index (χ4n) is 3.54. The molecular weight excluding hydrogens is 346 g/mol. The number of benzene rings is 1. The number of para-hydroxylation sites is 2. The number of aryl methyl sites for hydroxylation is 1. The molecule has 0 saturated carbocycles. The van der Waals surface area contributed by atoms with Crippen LogP contribution >= 0.6 is 0 Å². The first-order valence-corrected chi connectivity index (χ1v) is 9.60. The summed E-state index contributed by atoms with van der Waals surface area (Å²) in [5.74, 6) is 2.16. The van der Waals surface area contributed by atoms with E-state index in [9.17, 15) is 5.11 Å². The van der Waals surface area contributed by atoms with Crippen molar-refractivity contribution in [3.63, 3.8) is 0 Å². The molecule has 7 heteroatoms. The van der Waals surface area contributed by atoms with Gasteiger partial charge in [0.2, 0.25) is 0 Å². The molecule has 0 amide bonds. The number of aliphatic hydroxyl groups is 1. The molecule has 0 radical (unpaired) electrons. The van der Waals surface area contributed by atoms with Gasteiger partial charge in [-0.05, 0) is 45.7 Å². The second-order valence-corrected chi connectivity index (χ2v) is 7.26. The molecule has 0 unspecified atom stereocenters. The summed E-state index contributed by atoms with van der Waals surface area (Å²) in [5, 5.41) is 14.2. The first-order valence-electron chi connectivity index (χ1n) is 9.60. The molecule has 1 fully saturated rings. The van der Waals surface area contributed by atoms with E-state index in [1.165, 1.54) is 19.3 Å². The lowest BCUT2D eigenvalue weighted by Gasteiger charge is -2.40. The Kier molecular flexibility index (Phi) is 6.68. The van der Waals surface area contributed by atoms with Gasteiger partial charge < -0.3 is 19.1 Å². The van der Waals surface area contributed by atoms with Crippen LogP contribution in [-0.2, 0) is 6.61 Å². The highest BCUT2D eigenvalue weighted by molar-refractivity contribution is 5.39. The number of β-amino-alcohol motifs (C(OH)–C–C–N with tert-alkyl or cyclic N) is 1. The molecule has 0 spiro atoms. The Balaban J connectivity index is 1.52. The normalized spacial score (nSPS) is 21.8. The third kappa shape index (κ3) is 5.43. The maximum absolute atomic E-state index is 10.5. The van der Waals surface area contributed by atoms with Gasteiger partial charge in [-0.1, -0.05) is 23.7 Å². The minimum atomic E-state index is -0.556. The third-order valence-corrected chi connectivity index (χ3v) is 5.00. The van der Waals surface area contributed by atoms with Crippen molar-refractivity contribution < 1.29 is 19.1 Å². The van der Waals surface area contributed by atoms with Crippen molar-refractivity contribution >= 4 is 0 Å². The highest BCUT2D eigenvalue weighted by Crippen LogP contribution is 2.28. The van der Waals surface area contributed by atoms with Gasteiger partial charge in [-0.2, -0.15) is 4.98 Å². The minimum Gasteiger partial charge on any atom is -0.487 e. The predicted molar refractivity (Wildman–Crippen MR) is 101 cm³/mol. The Morgan fingerprint density at radius 2 is 1.85 bits per heavy atom. The smallest absolute Gasteiger partial charge is 0.264 e. The van der Waals surface area contributed by atoms with E-state index in [0.29, 0.717) is 41.8 Å². The quantitative estimate of drug-likeness (QED) is 0.760. The molecule has 1 aliphatic heterocycles. The third-order valence-electron chi connectivity index (χ3n) is 5.00. The molecule has 1 aromatic heterocycles. The molecule has 3 atom stereocenters. The monoisotopic (exact) mass is 375 g/mol. The summed E-state index contributed by atoms with van der Waals surface area (Å²) in [6.45, 7) is 7.22. The fraction of sp³-hybridized carbons (Fsp3) is 0.600. The van der Waals surface area contributed by atoms with E-state index < -0.39 is 6.10 Å². The number of aromatic nitrogens is 2. The zero-order valence-corrected chi connectivity index (χ0v) is 16.3. The number of piperidine rings is 1. The number of ether oxygens (including phenoxy) is 2. The zero-order valence-electron chi connectivity index (χ0n) is 16.3. The first kappa shape index (κ1) is 19.6. The van der Waals surface area contributed by atoms with Crippen LogP contribution in [0, 0.1) is 6.92 Å². The number of likely N-dealkylation sites (tertiary alicyclic amines) is 1. The van der Waals surface area contributed by atoms with Crippen molar-refractivity contribution in [2.75, 3.05) is 13.2 Å². The van der Waals surface area contributed by atoms with E-state index in [0.717, 1.165) is 0 Å². The maximum Gasteiger partial charge on any atom is 0.264 e. The maximum atomic E-state index is 10.5. The van der Waals surface area contributed by atoms with E-state index in [2.05, 4.69) is 28.9 Å². The van der Waals surface area contributed by atoms with E-state index in [1.54, 1.807) is 6.92 Å². The topological polar surface area (TPSA) is 80.9 Å². The first-order chi connectivity index (χ1) is 13.0. The van der Waals surface area contributed by atoms with Crippen LogP contribution in [0.1, 0.15) is 44.8 Å². The van der Waals surface area contributed by atoms with Crippen LogP contribution in [0.25, 0.3) is 0 Å². The average Bonchev–Trinajstić information content (AvgIpc) is 3.07. The second kappa shape index (κ2) is 9.19. The van der Waals surface area contributed by atoms with Gasteiger partial charge in [-0.15, -0.1) is 0 Å². The molecule has 7 nitrogen and oxygen atoms in total. The van der Waals surface area contributed by atoms with Crippen LogP contribution in [0.15, 0.2) is 28.8 Å². The Morgan fingerprint density at radius 3 is 2.48 bits per heavy atom. The molecule has 27 heavy (non-hydrogen) atoms. The van der Waals surface area contributed by atoms with Crippen LogP contribution < -0.4 is 9.47 Å². The van der Waals surface area contributed by atoms with Crippen LogP contribution in [0.3, 0.4) is 0 Å². The summed E-state index contributed by atoms with van der Waals surface area (Å²) >= 11 is 0. The van der Waals surface area contributed by atoms with Gasteiger partial charge in [0.25, 0.3) is 5.89 Å². The van der Waals surface area contributed by atoms with Gasteiger partial charge in [0, 0.05) is 18.6 Å². The van der Waals surface area contributed by atoms with Crippen LogP contribution in [0.2, 0.25) is 0 Å². The van der Waals surface area contributed by atoms with Crippen molar-refractivity contribution in [2.45, 2.75) is 64.8 Å². The molecule has 1 aliphatic rings. The van der Waals surface area contributed by atoms with Gasteiger partial charge in [-0.3, -0.25) is 4.90 Å². The highest BCUT2D eigenvalue weighted by Gasteiger charge is 2.26. The zero-order chi connectivity index (χ0) is 19.2. The van der Waals surface area contributed by atoms with E-state index >= 15 is 0 Å². The van der Waals surface area contributed by atoms with Crippen molar-refractivity contribution in [3.05, 3.63) is 36.0 Å². The molecule has 2 heterocycles. The molecule has 3 rings (SSSR count). The molecule has 1 saturated heterocycles. The van der Waals surface area contributed by atoms with Gasteiger partial charge in [0.1, 0.15) is 12.7 Å². The second-order valence-electron chi connectivity index (χ2n) is 7.26. The summed E-state index contributed by atoms with van der Waals surface area (Å²) in [4.78, 5) is 6.49. The standard InChI is InChI=1S/C20H29N3O4/c1-14-7-6-8-15(2)23(14)11-17(24)12-25-18-9-4-5-10-19(18)26-13-20-21-16(3)22-27-20/h4-5,9-10,14-15,17,24H,6-8,11-13H2,1-3H3/t14-,15-,17-/m0/s1. The Labute approximate surface area is 160 Å². The Hall–Kier alpha value is -2.12. The van der Waals surface area contributed by atoms with Gasteiger partial charge in [-0.25, -0.2) is 0 Å². The molecule has 148 valence electrons. The molecule has 0 bridgehead atoms. The molecule has 1 N–H and O–H groups in total. The number of rotatable bonds is 8. The van der Waals surface area contributed by atoms with Gasteiger partial charge >= 0.3 is 0 Å². The number of hydrogen-bond donors (Lipinski definition) is 1. The number of nitrogens with zero attached hydrogens (tertiary/aromatic N) is 3. The SMILES string of the molecule is Cc1noc(COc2ccccc2OC[C@@H](O)CN2[C@@H](C)CCC[C@@H]2C)n1. The van der Waals surface area contributed by atoms with Gasteiger partial charge in [0.15, 0.2) is 23.9 Å². The van der Waals surface area contributed by atoms with Crippen LogP contribution in [0.5, 0.6) is 11.5 Å². The largest absolute Gasteiger partial charge is 0.487 e. The predicted octanol–water partition coefficient (Wildman–Crippen LogP) is 2.96. The molecule has 2 aromatic rings. The van der Waals surface area contributed by atoms with E-state index in [4.69, 9.17) is 14.0 Å². The molecular formula is C20H29N3O4. The molecule has 0 aliphatic carbocycles. The van der Waals surface area contributed by atoms with Crippen molar-refractivity contribution in [2.24, 2.45) is 0 Å². The van der Waals surface area contributed by atoms with Gasteiger partial charge in [0.05, 0.1) is 0 Å². The van der Waals surface area contributed by atoms with Crippen molar-refractivity contribution in [3.8, 4) is 11.5 Å². The Morgan fingerprint density at radius 1 is 1.19 bits per heavy atom. The summed E-state index contributed by atoms with van der Waals surface area (Å²) in [6.07, 6.45) is 3.07. The van der Waals surface area contributed by atoms with Crippen molar-refractivity contribution in [1.82, 2.24) is 15.0 Å². The minimum absolute atomic E-state index is 0.173. The van der Waals surface area contributed by atoms with E-state index in [1.807, 2.05) is 24.3 Å². The summed E-state index contributed by atoms with van der Waals surface area (Å²) in [5.41, 5.74) is 0.